The molecule has 0 aliphatic rings. The van der Waals surface area contributed by atoms with Crippen molar-refractivity contribution in [3.63, 3.8) is 0 Å². The van der Waals surface area contributed by atoms with Crippen LogP contribution in [0.25, 0.3) is 10.6 Å². The van der Waals surface area contributed by atoms with Crippen molar-refractivity contribution in [1.29, 1.82) is 0 Å². The largest absolute Gasteiger partial charge is 0.497 e. The normalized spacial score (nSPS) is 13.0. The van der Waals surface area contributed by atoms with E-state index in [2.05, 4.69) is 0 Å². The summed E-state index contributed by atoms with van der Waals surface area (Å²) in [6.07, 6.45) is -0.00621. The molecule has 2 rings (SSSR count). The van der Waals surface area contributed by atoms with E-state index in [9.17, 15) is 4.79 Å². The first-order chi connectivity index (χ1) is 12.0. The first-order valence-electron chi connectivity index (χ1n) is 7.68. The molecule has 0 saturated heterocycles. The van der Waals surface area contributed by atoms with Crippen LogP contribution in [-0.4, -0.2) is 26.2 Å². The van der Waals surface area contributed by atoms with Crippen LogP contribution in [0.2, 0.25) is 0 Å². The fraction of sp³-hybridized carbons (Fsp3) is 0.211. The third-order valence-electron chi connectivity index (χ3n) is 3.77. The first-order valence-corrected chi connectivity index (χ1v) is 8.06. The van der Waals surface area contributed by atoms with Crippen LogP contribution in [0.3, 0.4) is 0 Å². The maximum absolute atomic E-state index is 11.3. The number of ether oxygens (including phenoxy) is 2. The molecule has 1 atom stereocenters. The summed E-state index contributed by atoms with van der Waals surface area (Å²) < 4.78 is 10.3. The lowest BCUT2D eigenvalue weighted by Crippen LogP contribution is -2.29. The van der Waals surface area contributed by atoms with Gasteiger partial charge in [-0.1, -0.05) is 23.7 Å². The third-order valence-corrected chi connectivity index (χ3v) is 4.19. The van der Waals surface area contributed by atoms with Crippen LogP contribution in [-0.2, 0) is 4.79 Å². The Kier molecular flexibility index (Phi) is 6.44. The average Bonchev–Trinajstić information content (AvgIpc) is 2.62. The molecule has 6 heteroatoms. The van der Waals surface area contributed by atoms with Crippen molar-refractivity contribution in [2.24, 2.45) is 11.5 Å². The Morgan fingerprint density at radius 2 is 1.40 bits per heavy atom. The van der Waals surface area contributed by atoms with Crippen molar-refractivity contribution in [1.82, 2.24) is 0 Å². The summed E-state index contributed by atoms with van der Waals surface area (Å²) in [5, 5.41) is 0.460. The Balaban J connectivity index is 2.52. The standard InChI is InChI=1S/C19H21ClN2O3/c1-24-14-7-3-12(4-8-14)18(16(21)11-17(22)23)19(20)13-5-9-15(25-2)10-6-13/h3-10,16H,11,21H2,1-2H3,(H2,22,23)/b19-18+. The van der Waals surface area contributed by atoms with Crippen LogP contribution >= 0.6 is 11.6 Å². The van der Waals surface area contributed by atoms with Gasteiger partial charge in [0.25, 0.3) is 0 Å². The number of hydrogen-bond donors (Lipinski definition) is 2. The van der Waals surface area contributed by atoms with E-state index in [4.69, 9.17) is 32.5 Å². The molecule has 0 bridgehead atoms. The number of halogens is 1. The van der Waals surface area contributed by atoms with E-state index in [1.807, 2.05) is 48.5 Å². The van der Waals surface area contributed by atoms with Crippen molar-refractivity contribution in [2.45, 2.75) is 12.5 Å². The molecule has 1 amide bonds. The predicted molar refractivity (Wildman–Crippen MR) is 100 cm³/mol. The molecule has 2 aromatic rings. The number of primary amides is 1. The molecule has 0 aromatic heterocycles. The molecular formula is C19H21ClN2O3. The second-order valence-electron chi connectivity index (χ2n) is 5.46. The molecular weight excluding hydrogens is 340 g/mol. The Labute approximate surface area is 152 Å². The van der Waals surface area contributed by atoms with Crippen molar-refractivity contribution in [2.75, 3.05) is 14.2 Å². The van der Waals surface area contributed by atoms with Crippen LogP contribution in [0, 0.1) is 0 Å². The molecule has 132 valence electrons. The summed E-state index contributed by atoms with van der Waals surface area (Å²) >= 11 is 6.63. The number of carbonyl (C=O) groups is 1. The third kappa shape index (κ3) is 4.75. The van der Waals surface area contributed by atoms with Crippen molar-refractivity contribution >= 4 is 28.1 Å². The summed E-state index contributed by atoms with van der Waals surface area (Å²) in [7, 11) is 3.19. The zero-order valence-corrected chi connectivity index (χ0v) is 14.9. The number of methoxy groups -OCH3 is 2. The summed E-state index contributed by atoms with van der Waals surface area (Å²) in [5.74, 6) is 0.950. The monoisotopic (exact) mass is 360 g/mol. The molecule has 1 unspecified atom stereocenters. The van der Waals surface area contributed by atoms with Gasteiger partial charge in [-0.05, 0) is 53.1 Å². The zero-order valence-electron chi connectivity index (χ0n) is 14.2. The van der Waals surface area contributed by atoms with Crippen LogP contribution in [0.4, 0.5) is 0 Å². The smallest absolute Gasteiger partial charge is 0.219 e. The molecule has 0 saturated carbocycles. The molecule has 0 fully saturated rings. The van der Waals surface area contributed by atoms with Gasteiger partial charge < -0.3 is 20.9 Å². The topological polar surface area (TPSA) is 87.6 Å². The minimum absolute atomic E-state index is 0.00621. The highest BCUT2D eigenvalue weighted by molar-refractivity contribution is 6.52. The maximum atomic E-state index is 11.3. The van der Waals surface area contributed by atoms with Gasteiger partial charge in [-0.15, -0.1) is 0 Å². The van der Waals surface area contributed by atoms with E-state index in [0.29, 0.717) is 16.4 Å². The van der Waals surface area contributed by atoms with Crippen molar-refractivity contribution in [3.8, 4) is 11.5 Å². The van der Waals surface area contributed by atoms with Gasteiger partial charge in [-0.3, -0.25) is 4.79 Å². The molecule has 0 aliphatic heterocycles. The first kappa shape index (κ1) is 18.8. The van der Waals surface area contributed by atoms with Crippen LogP contribution in [0.15, 0.2) is 48.5 Å². The van der Waals surface area contributed by atoms with Crippen molar-refractivity contribution in [3.05, 3.63) is 59.7 Å². The Bertz CT molecular complexity index is 755. The van der Waals surface area contributed by atoms with E-state index in [1.165, 1.54) is 0 Å². The second-order valence-corrected chi connectivity index (χ2v) is 5.84. The van der Waals surface area contributed by atoms with Gasteiger partial charge in [0.2, 0.25) is 5.91 Å². The molecule has 5 nitrogen and oxygen atoms in total. The van der Waals surface area contributed by atoms with Gasteiger partial charge in [0.15, 0.2) is 0 Å². The van der Waals surface area contributed by atoms with Gasteiger partial charge in [-0.25, -0.2) is 0 Å². The molecule has 0 radical (unpaired) electrons. The minimum atomic E-state index is -0.625. The number of rotatable bonds is 7. The van der Waals surface area contributed by atoms with Gasteiger partial charge in [0.05, 0.1) is 19.3 Å². The van der Waals surface area contributed by atoms with Crippen molar-refractivity contribution < 1.29 is 14.3 Å². The molecule has 2 aromatic carbocycles. The number of benzene rings is 2. The highest BCUT2D eigenvalue weighted by Gasteiger charge is 2.19. The number of hydrogen-bond acceptors (Lipinski definition) is 4. The van der Waals surface area contributed by atoms with E-state index >= 15 is 0 Å². The summed E-state index contributed by atoms with van der Waals surface area (Å²) in [5.41, 5.74) is 13.7. The van der Waals surface area contributed by atoms with E-state index in [1.54, 1.807) is 14.2 Å². The maximum Gasteiger partial charge on any atom is 0.219 e. The second kappa shape index (κ2) is 8.55. The number of nitrogens with two attached hydrogens (primary N) is 2. The summed E-state index contributed by atoms with van der Waals surface area (Å²) in [6.45, 7) is 0. The highest BCUT2D eigenvalue weighted by atomic mass is 35.5. The Hall–Kier alpha value is -2.50. The number of carbonyl (C=O) groups excluding carboxylic acids is 1. The SMILES string of the molecule is COc1ccc(/C(Cl)=C(/c2ccc(OC)cc2)C(N)CC(N)=O)cc1. The van der Waals surface area contributed by atoms with Gasteiger partial charge in [0.1, 0.15) is 11.5 Å². The molecule has 0 aliphatic carbocycles. The fourth-order valence-corrected chi connectivity index (χ4v) is 2.86. The van der Waals surface area contributed by atoms with Gasteiger partial charge in [-0.2, -0.15) is 0 Å². The lowest BCUT2D eigenvalue weighted by molar-refractivity contribution is -0.118. The highest BCUT2D eigenvalue weighted by Crippen LogP contribution is 2.33. The lowest BCUT2D eigenvalue weighted by atomic mass is 9.94. The van der Waals surface area contributed by atoms with Gasteiger partial charge in [0, 0.05) is 12.5 Å². The summed E-state index contributed by atoms with van der Waals surface area (Å²) in [6, 6.07) is 14.0. The molecule has 4 N–H and O–H groups in total. The van der Waals surface area contributed by atoms with Crippen LogP contribution in [0.5, 0.6) is 11.5 Å². The Morgan fingerprint density at radius 3 is 1.80 bits per heavy atom. The Morgan fingerprint density at radius 1 is 0.960 bits per heavy atom. The van der Waals surface area contributed by atoms with Crippen LogP contribution in [0.1, 0.15) is 17.5 Å². The summed E-state index contributed by atoms with van der Waals surface area (Å²) in [4.78, 5) is 11.3. The minimum Gasteiger partial charge on any atom is -0.497 e. The van der Waals surface area contributed by atoms with E-state index < -0.39 is 11.9 Å². The zero-order chi connectivity index (χ0) is 18.4. The quantitative estimate of drug-likeness (QED) is 0.743. The molecule has 25 heavy (non-hydrogen) atoms. The van der Waals surface area contributed by atoms with Crippen LogP contribution < -0.4 is 20.9 Å². The lowest BCUT2D eigenvalue weighted by Gasteiger charge is -2.18. The van der Waals surface area contributed by atoms with Gasteiger partial charge >= 0.3 is 0 Å². The number of amides is 1. The molecule has 0 heterocycles. The molecule has 0 spiro atoms. The van der Waals surface area contributed by atoms with E-state index in [-0.39, 0.29) is 6.42 Å². The fourth-order valence-electron chi connectivity index (χ4n) is 2.49. The predicted octanol–water partition coefficient (Wildman–Crippen LogP) is 3.01. The average molecular weight is 361 g/mol. The van der Waals surface area contributed by atoms with E-state index in [0.717, 1.165) is 16.9 Å².